The Balaban J connectivity index is 2.12. The van der Waals surface area contributed by atoms with Crippen molar-refractivity contribution in [3.63, 3.8) is 0 Å². The van der Waals surface area contributed by atoms with Crippen molar-refractivity contribution in [2.24, 2.45) is 17.6 Å². The molecule has 0 amide bonds. The van der Waals surface area contributed by atoms with Crippen LogP contribution in [-0.2, 0) is 9.53 Å². The second kappa shape index (κ2) is 3.83. The van der Waals surface area contributed by atoms with Crippen molar-refractivity contribution in [1.82, 2.24) is 0 Å². The number of Topliss-reactive ketones (excluding diaryl/α,β-unsaturated/α-hetero) is 1. The molecule has 2 unspecified atom stereocenters. The van der Waals surface area contributed by atoms with Crippen molar-refractivity contribution >= 4 is 5.78 Å². The van der Waals surface area contributed by atoms with Gasteiger partial charge in [-0.1, -0.05) is 0 Å². The number of ether oxygens (including phenoxy) is 1. The topological polar surface area (TPSA) is 52.3 Å². The molecule has 0 spiro atoms. The zero-order chi connectivity index (χ0) is 8.27. The smallest absolute Gasteiger partial charge is 0.161 e. The van der Waals surface area contributed by atoms with E-state index in [4.69, 9.17) is 10.5 Å². The summed E-state index contributed by atoms with van der Waals surface area (Å²) in [5, 5.41) is 0. The minimum atomic E-state index is 0.214. The summed E-state index contributed by atoms with van der Waals surface area (Å²) in [4.78, 5) is 11.2. The fraction of sp³-hybridized carbons (Fsp3) is 0.875. The van der Waals surface area contributed by atoms with Gasteiger partial charge in [0.2, 0.25) is 0 Å². The van der Waals surface area contributed by atoms with E-state index in [1.165, 1.54) is 0 Å². The minimum absolute atomic E-state index is 0.214. The van der Waals surface area contributed by atoms with E-state index >= 15 is 0 Å². The van der Waals surface area contributed by atoms with Crippen LogP contribution in [0.4, 0.5) is 0 Å². The average molecular weight is 157 g/mol. The monoisotopic (exact) mass is 157 g/mol. The van der Waals surface area contributed by atoms with Crippen molar-refractivity contribution in [2.75, 3.05) is 19.8 Å². The summed E-state index contributed by atoms with van der Waals surface area (Å²) in [6, 6.07) is 0. The van der Waals surface area contributed by atoms with Crippen LogP contribution in [0.15, 0.2) is 0 Å². The quantitative estimate of drug-likeness (QED) is 0.619. The summed E-state index contributed by atoms with van der Waals surface area (Å²) >= 11 is 0. The molecule has 2 N–H and O–H groups in total. The Hall–Kier alpha value is -0.410. The van der Waals surface area contributed by atoms with Crippen LogP contribution in [0.1, 0.15) is 13.3 Å². The van der Waals surface area contributed by atoms with Crippen LogP contribution in [-0.4, -0.2) is 25.5 Å². The van der Waals surface area contributed by atoms with Crippen LogP contribution in [0.25, 0.3) is 0 Å². The lowest BCUT2D eigenvalue weighted by molar-refractivity contribution is -0.124. The van der Waals surface area contributed by atoms with Crippen LogP contribution in [0.5, 0.6) is 0 Å². The lowest BCUT2D eigenvalue weighted by Crippen LogP contribution is -2.14. The summed E-state index contributed by atoms with van der Waals surface area (Å²) in [5.74, 6) is 0.886. The van der Waals surface area contributed by atoms with Gasteiger partial charge in [-0.05, 0) is 25.8 Å². The van der Waals surface area contributed by atoms with Crippen molar-refractivity contribution in [1.29, 1.82) is 0 Å². The number of hydrogen-bond donors (Lipinski definition) is 1. The Bertz CT molecular complexity index is 147. The first-order chi connectivity index (χ1) is 5.29. The Labute approximate surface area is 66.9 Å². The largest absolute Gasteiger partial charge is 0.374 e. The molecule has 1 rings (SSSR count). The molecule has 2 atom stereocenters. The lowest BCUT2D eigenvalue weighted by atomic mass is 10.2. The zero-order valence-corrected chi connectivity index (χ0v) is 6.88. The molecule has 11 heavy (non-hydrogen) atoms. The predicted octanol–water partition coefficient (Wildman–Crippen LogP) is 0.187. The molecular weight excluding hydrogens is 142 g/mol. The molecule has 1 aliphatic rings. The molecule has 0 aromatic heterocycles. The molecule has 1 aliphatic carbocycles. The highest BCUT2D eigenvalue weighted by molar-refractivity contribution is 5.84. The summed E-state index contributed by atoms with van der Waals surface area (Å²) in [5.41, 5.74) is 5.40. The molecule has 64 valence electrons. The third kappa shape index (κ3) is 2.27. The molecule has 0 saturated heterocycles. The van der Waals surface area contributed by atoms with E-state index in [1.807, 2.05) is 6.92 Å². The van der Waals surface area contributed by atoms with E-state index in [-0.39, 0.29) is 18.3 Å². The number of hydrogen-bond acceptors (Lipinski definition) is 3. The summed E-state index contributed by atoms with van der Waals surface area (Å²) in [6.07, 6.45) is 0.975. The van der Waals surface area contributed by atoms with Gasteiger partial charge in [0.15, 0.2) is 5.78 Å². The number of rotatable bonds is 5. The van der Waals surface area contributed by atoms with E-state index in [1.54, 1.807) is 0 Å². The molecule has 0 aliphatic heterocycles. The van der Waals surface area contributed by atoms with E-state index in [0.29, 0.717) is 19.1 Å². The fourth-order valence-corrected chi connectivity index (χ4v) is 1.21. The highest BCUT2D eigenvalue weighted by atomic mass is 16.5. The summed E-state index contributed by atoms with van der Waals surface area (Å²) < 4.78 is 5.00. The van der Waals surface area contributed by atoms with Crippen molar-refractivity contribution < 1.29 is 9.53 Å². The van der Waals surface area contributed by atoms with Crippen molar-refractivity contribution in [3.05, 3.63) is 0 Å². The van der Waals surface area contributed by atoms with E-state index < -0.39 is 0 Å². The van der Waals surface area contributed by atoms with Gasteiger partial charge < -0.3 is 10.5 Å². The van der Waals surface area contributed by atoms with Gasteiger partial charge in [0.25, 0.3) is 0 Å². The maximum atomic E-state index is 11.2. The Kier molecular flexibility index (Phi) is 3.02. The maximum Gasteiger partial charge on any atom is 0.161 e. The predicted molar refractivity (Wildman–Crippen MR) is 42.2 cm³/mol. The highest BCUT2D eigenvalue weighted by Gasteiger charge is 2.41. The van der Waals surface area contributed by atoms with Crippen LogP contribution < -0.4 is 5.73 Å². The van der Waals surface area contributed by atoms with Gasteiger partial charge in [-0.25, -0.2) is 0 Å². The van der Waals surface area contributed by atoms with Crippen LogP contribution >= 0.6 is 0 Å². The normalized spacial score (nSPS) is 28.5. The number of carbonyl (C=O) groups excluding carboxylic acids is 1. The number of carbonyl (C=O) groups is 1. The second-order valence-electron chi connectivity index (χ2n) is 2.94. The van der Waals surface area contributed by atoms with E-state index in [0.717, 1.165) is 6.42 Å². The van der Waals surface area contributed by atoms with Crippen LogP contribution in [0.3, 0.4) is 0 Å². The highest BCUT2D eigenvalue weighted by Crippen LogP contribution is 2.37. The SMILES string of the molecule is CCOCC(=O)C1CC1CN. The van der Waals surface area contributed by atoms with Gasteiger partial charge in [0, 0.05) is 12.5 Å². The van der Waals surface area contributed by atoms with Crippen LogP contribution in [0.2, 0.25) is 0 Å². The summed E-state index contributed by atoms with van der Waals surface area (Å²) in [7, 11) is 0. The Morgan fingerprint density at radius 1 is 1.73 bits per heavy atom. The molecule has 0 aromatic carbocycles. The molecule has 0 heterocycles. The zero-order valence-electron chi connectivity index (χ0n) is 6.88. The molecule has 1 saturated carbocycles. The molecule has 0 bridgehead atoms. The Morgan fingerprint density at radius 2 is 2.45 bits per heavy atom. The lowest BCUT2D eigenvalue weighted by Gasteiger charge is -1.98. The van der Waals surface area contributed by atoms with Gasteiger partial charge in [-0.3, -0.25) is 4.79 Å². The molecule has 1 fully saturated rings. The maximum absolute atomic E-state index is 11.2. The molecule has 0 aromatic rings. The molecule has 3 nitrogen and oxygen atoms in total. The number of ketones is 1. The average Bonchev–Trinajstić information content (AvgIpc) is 2.78. The van der Waals surface area contributed by atoms with E-state index in [9.17, 15) is 4.79 Å². The van der Waals surface area contributed by atoms with Gasteiger partial charge in [0.1, 0.15) is 6.61 Å². The standard InChI is InChI=1S/C8H15NO2/c1-2-11-5-8(10)7-3-6(7)4-9/h6-7H,2-5,9H2,1H3. The minimum Gasteiger partial charge on any atom is -0.374 e. The first-order valence-electron chi connectivity index (χ1n) is 4.10. The van der Waals surface area contributed by atoms with Crippen molar-refractivity contribution in [2.45, 2.75) is 13.3 Å². The van der Waals surface area contributed by atoms with Crippen LogP contribution in [0, 0.1) is 11.8 Å². The van der Waals surface area contributed by atoms with E-state index in [2.05, 4.69) is 0 Å². The van der Waals surface area contributed by atoms with Gasteiger partial charge in [-0.2, -0.15) is 0 Å². The Morgan fingerprint density at radius 3 is 2.91 bits per heavy atom. The molecular formula is C8H15NO2. The first-order valence-corrected chi connectivity index (χ1v) is 4.10. The number of nitrogens with two attached hydrogens (primary N) is 1. The second-order valence-corrected chi connectivity index (χ2v) is 2.94. The third-order valence-electron chi connectivity index (χ3n) is 2.09. The summed E-state index contributed by atoms with van der Waals surface area (Å²) in [6.45, 7) is 3.42. The van der Waals surface area contributed by atoms with Gasteiger partial charge in [-0.15, -0.1) is 0 Å². The third-order valence-corrected chi connectivity index (χ3v) is 2.09. The fourth-order valence-electron chi connectivity index (χ4n) is 1.21. The molecule has 0 radical (unpaired) electrons. The van der Waals surface area contributed by atoms with Gasteiger partial charge in [0.05, 0.1) is 0 Å². The van der Waals surface area contributed by atoms with Gasteiger partial charge >= 0.3 is 0 Å². The molecule has 3 heteroatoms. The van der Waals surface area contributed by atoms with Crippen molar-refractivity contribution in [3.8, 4) is 0 Å². The first kappa shape index (κ1) is 8.68.